The van der Waals surface area contributed by atoms with Gasteiger partial charge in [0.2, 0.25) is 0 Å². The van der Waals surface area contributed by atoms with Crippen LogP contribution in [0, 0.1) is 0 Å². The minimum absolute atomic E-state index is 0.0935. The van der Waals surface area contributed by atoms with Gasteiger partial charge in [0.15, 0.2) is 29.7 Å². The Balaban J connectivity index is 1.49. The fraction of sp³-hybridized carbons (Fsp3) is 0.345. The van der Waals surface area contributed by atoms with Gasteiger partial charge in [-0.3, -0.25) is 14.4 Å². The molecule has 1 aliphatic heterocycles. The number of carbonyl (C=O) groups excluding carboxylic acids is 3. The van der Waals surface area contributed by atoms with Gasteiger partial charge in [-0.15, -0.1) is 0 Å². The molecule has 2 aliphatic carbocycles. The van der Waals surface area contributed by atoms with E-state index in [0.29, 0.717) is 45.6 Å². The first-order valence-electron chi connectivity index (χ1n) is 12.5. The molecule has 0 fully saturated rings. The topological polar surface area (TPSA) is 84.9 Å². The number of para-hydroxylation sites is 1. The van der Waals surface area contributed by atoms with Crippen molar-refractivity contribution < 1.29 is 23.9 Å². The van der Waals surface area contributed by atoms with Gasteiger partial charge in [-0.25, -0.2) is 0 Å². The van der Waals surface area contributed by atoms with Crippen molar-refractivity contribution in [3.8, 4) is 11.5 Å². The molecular weight excluding hydrogens is 536 g/mol. The molecule has 0 saturated heterocycles. The summed E-state index contributed by atoms with van der Waals surface area (Å²) in [7, 11) is 3.51. The normalized spacial score (nSPS) is 18.0. The number of carbonyl (C=O) groups is 3. The highest BCUT2D eigenvalue weighted by Crippen LogP contribution is 2.50. The Morgan fingerprint density at radius 2 is 1.62 bits per heavy atom. The van der Waals surface area contributed by atoms with E-state index in [9.17, 15) is 14.4 Å². The average molecular weight is 565 g/mol. The Labute approximate surface area is 224 Å². The van der Waals surface area contributed by atoms with Crippen LogP contribution in [0.5, 0.6) is 11.5 Å². The Hall–Kier alpha value is -3.39. The van der Waals surface area contributed by atoms with E-state index in [1.807, 2.05) is 37.4 Å². The first-order chi connectivity index (χ1) is 17.9. The van der Waals surface area contributed by atoms with Crippen molar-refractivity contribution in [1.82, 2.24) is 4.90 Å². The minimum atomic E-state index is -0.442. The van der Waals surface area contributed by atoms with Gasteiger partial charge < -0.3 is 19.7 Å². The Morgan fingerprint density at radius 3 is 2.22 bits per heavy atom. The maximum Gasteiger partial charge on any atom is 0.262 e. The van der Waals surface area contributed by atoms with E-state index in [1.54, 1.807) is 12.1 Å². The van der Waals surface area contributed by atoms with Gasteiger partial charge in [-0.2, -0.15) is 0 Å². The Morgan fingerprint density at radius 1 is 1.00 bits per heavy atom. The molecule has 37 heavy (non-hydrogen) atoms. The zero-order valence-corrected chi connectivity index (χ0v) is 22.5. The van der Waals surface area contributed by atoms with Crippen LogP contribution in [-0.4, -0.2) is 43.1 Å². The fourth-order valence-corrected chi connectivity index (χ4v) is 6.16. The second-order valence-corrected chi connectivity index (χ2v) is 10.4. The summed E-state index contributed by atoms with van der Waals surface area (Å²) in [6.45, 7) is -0.209. The molecule has 0 aromatic heterocycles. The molecule has 0 spiro atoms. The van der Waals surface area contributed by atoms with E-state index in [-0.39, 0.29) is 24.1 Å². The molecule has 2 aromatic carbocycles. The van der Waals surface area contributed by atoms with Gasteiger partial charge in [-0.05, 0) is 71.4 Å². The number of hydrogen-bond acceptors (Lipinski definition) is 6. The molecule has 7 nitrogen and oxygen atoms in total. The number of methoxy groups -OCH3 is 1. The van der Waals surface area contributed by atoms with E-state index < -0.39 is 5.92 Å². The number of ether oxygens (including phenoxy) is 2. The van der Waals surface area contributed by atoms with E-state index in [4.69, 9.17) is 9.47 Å². The number of nitrogens with zero attached hydrogens (tertiary/aromatic N) is 1. The molecule has 0 bridgehead atoms. The molecule has 0 radical (unpaired) electrons. The van der Waals surface area contributed by atoms with Crippen LogP contribution >= 0.6 is 15.9 Å². The van der Waals surface area contributed by atoms with Crippen LogP contribution in [-0.2, 0) is 14.4 Å². The van der Waals surface area contributed by atoms with Crippen LogP contribution in [0.15, 0.2) is 69.5 Å². The number of ketones is 2. The number of amides is 1. The minimum Gasteiger partial charge on any atom is -0.493 e. The third-order valence-corrected chi connectivity index (χ3v) is 7.82. The third kappa shape index (κ3) is 4.82. The van der Waals surface area contributed by atoms with Gasteiger partial charge in [0.1, 0.15) is 0 Å². The number of Topliss-reactive ketones (excluding diaryl/α,β-unsaturated/α-hetero) is 2. The van der Waals surface area contributed by atoms with Gasteiger partial charge in [-0.1, -0.05) is 18.2 Å². The summed E-state index contributed by atoms with van der Waals surface area (Å²) in [5.41, 5.74) is 4.94. The zero-order valence-electron chi connectivity index (χ0n) is 20.9. The lowest BCUT2D eigenvalue weighted by Gasteiger charge is -2.42. The summed E-state index contributed by atoms with van der Waals surface area (Å²) >= 11 is 3.59. The van der Waals surface area contributed by atoms with Crippen LogP contribution in [0.3, 0.4) is 0 Å². The third-order valence-electron chi connectivity index (χ3n) is 7.23. The van der Waals surface area contributed by atoms with Crippen molar-refractivity contribution in [2.45, 2.75) is 44.4 Å². The predicted octanol–water partition coefficient (Wildman–Crippen LogP) is 5.52. The second-order valence-electron chi connectivity index (χ2n) is 9.50. The molecule has 2 aromatic rings. The van der Waals surface area contributed by atoms with Crippen molar-refractivity contribution in [2.24, 2.45) is 0 Å². The Kier molecular flexibility index (Phi) is 7.20. The molecule has 8 heteroatoms. The molecule has 1 N–H and O–H groups in total. The highest BCUT2D eigenvalue weighted by Gasteiger charge is 2.42. The number of benzene rings is 2. The predicted molar refractivity (Wildman–Crippen MR) is 144 cm³/mol. The lowest BCUT2D eigenvalue weighted by molar-refractivity contribution is -0.118. The SMILES string of the molecule is COc1cc(C2C3=C(CCCC3=O)N(C)C3=C2C(=O)CCC3)cc(Br)c1OCC(=O)Nc1ccccc1. The fourth-order valence-electron chi connectivity index (χ4n) is 5.59. The first kappa shape index (κ1) is 25.3. The van der Waals surface area contributed by atoms with Crippen molar-refractivity contribution in [2.75, 3.05) is 26.1 Å². The van der Waals surface area contributed by atoms with Crippen LogP contribution in [0.1, 0.15) is 50.0 Å². The number of allylic oxidation sites excluding steroid dienone is 4. The lowest BCUT2D eigenvalue weighted by atomic mass is 9.71. The van der Waals surface area contributed by atoms with Gasteiger partial charge in [0.05, 0.1) is 11.6 Å². The first-order valence-corrected chi connectivity index (χ1v) is 13.3. The number of hydrogen-bond donors (Lipinski definition) is 1. The van der Waals surface area contributed by atoms with Crippen LogP contribution in [0.4, 0.5) is 5.69 Å². The molecule has 192 valence electrons. The number of anilines is 1. The van der Waals surface area contributed by atoms with Gasteiger partial charge >= 0.3 is 0 Å². The number of nitrogens with one attached hydrogen (secondary N) is 1. The van der Waals surface area contributed by atoms with Gasteiger partial charge in [0, 0.05) is 54.0 Å². The number of rotatable bonds is 6. The quantitative estimate of drug-likeness (QED) is 0.497. The van der Waals surface area contributed by atoms with Crippen LogP contribution in [0.25, 0.3) is 0 Å². The second kappa shape index (κ2) is 10.5. The maximum absolute atomic E-state index is 13.2. The largest absolute Gasteiger partial charge is 0.493 e. The summed E-state index contributed by atoms with van der Waals surface area (Å²) in [5.74, 6) is 0.251. The Bertz CT molecular complexity index is 1290. The summed E-state index contributed by atoms with van der Waals surface area (Å²) in [6.07, 6.45) is 4.22. The molecule has 0 unspecified atom stereocenters. The van der Waals surface area contributed by atoms with Crippen molar-refractivity contribution >= 4 is 39.1 Å². The lowest BCUT2D eigenvalue weighted by Crippen LogP contribution is -2.37. The van der Waals surface area contributed by atoms with Crippen molar-refractivity contribution in [3.05, 3.63) is 75.0 Å². The number of halogens is 1. The van der Waals surface area contributed by atoms with Crippen molar-refractivity contribution in [1.29, 1.82) is 0 Å². The highest BCUT2D eigenvalue weighted by atomic mass is 79.9. The summed E-state index contributed by atoms with van der Waals surface area (Å²) in [5, 5.41) is 2.80. The average Bonchev–Trinajstić information content (AvgIpc) is 2.89. The standard InChI is InChI=1S/C29H29BrN2O5/c1-32-20-10-6-12-22(33)27(20)26(28-21(32)11-7-13-23(28)34)17-14-19(30)29(24(15-17)36-2)37-16-25(35)31-18-8-4-3-5-9-18/h3-5,8-9,14-15,26H,6-7,10-13,16H2,1-2H3,(H,31,35). The zero-order chi connectivity index (χ0) is 26.1. The summed E-state index contributed by atoms with van der Waals surface area (Å²) in [6, 6.07) is 12.9. The van der Waals surface area contributed by atoms with E-state index in [0.717, 1.165) is 42.6 Å². The summed E-state index contributed by atoms with van der Waals surface area (Å²) in [4.78, 5) is 41.0. The van der Waals surface area contributed by atoms with Crippen LogP contribution in [0.2, 0.25) is 0 Å². The van der Waals surface area contributed by atoms with Crippen molar-refractivity contribution in [3.63, 3.8) is 0 Å². The summed E-state index contributed by atoms with van der Waals surface area (Å²) < 4.78 is 12.1. The van der Waals surface area contributed by atoms with E-state index in [1.165, 1.54) is 7.11 Å². The van der Waals surface area contributed by atoms with E-state index >= 15 is 0 Å². The highest BCUT2D eigenvalue weighted by molar-refractivity contribution is 9.10. The van der Waals surface area contributed by atoms with Gasteiger partial charge in [0.25, 0.3) is 5.91 Å². The van der Waals surface area contributed by atoms with E-state index in [2.05, 4.69) is 26.1 Å². The molecule has 3 aliphatic rings. The molecule has 0 atom stereocenters. The molecule has 0 saturated carbocycles. The molecule has 1 heterocycles. The monoisotopic (exact) mass is 564 g/mol. The molecule has 5 rings (SSSR count). The smallest absolute Gasteiger partial charge is 0.262 e. The molecular formula is C29H29BrN2O5. The molecule has 1 amide bonds. The van der Waals surface area contributed by atoms with Crippen LogP contribution < -0.4 is 14.8 Å². The maximum atomic E-state index is 13.2.